The summed E-state index contributed by atoms with van der Waals surface area (Å²) in [7, 11) is 0. The summed E-state index contributed by atoms with van der Waals surface area (Å²) in [6, 6.07) is 9.21. The fourth-order valence-electron chi connectivity index (χ4n) is 3.97. The number of nitrogens with zero attached hydrogens (tertiary/aromatic N) is 1. The van der Waals surface area contributed by atoms with E-state index in [1.165, 1.54) is 40.9 Å². The van der Waals surface area contributed by atoms with Crippen LogP contribution in [0.2, 0.25) is 0 Å². The van der Waals surface area contributed by atoms with Gasteiger partial charge in [-0.15, -0.1) is 11.8 Å². The highest BCUT2D eigenvalue weighted by atomic mass is 32.2. The second kappa shape index (κ2) is 4.92. The molecule has 3 atom stereocenters. The maximum Gasteiger partial charge on any atom is 0.0714 e. The SMILES string of the molecule is C1=C2NCCCC2CC2Nc3cc4cccnc4cc3SC12. The number of thioether (sulfide) groups is 1. The summed E-state index contributed by atoms with van der Waals surface area (Å²) in [6.07, 6.45) is 8.24. The van der Waals surface area contributed by atoms with Crippen LogP contribution in [0.25, 0.3) is 10.9 Å². The van der Waals surface area contributed by atoms with Crippen LogP contribution in [-0.4, -0.2) is 22.8 Å². The summed E-state index contributed by atoms with van der Waals surface area (Å²) in [4.78, 5) is 5.82. The Morgan fingerprint density at radius 2 is 2.27 bits per heavy atom. The van der Waals surface area contributed by atoms with Crippen LogP contribution in [0.4, 0.5) is 5.69 Å². The van der Waals surface area contributed by atoms with Crippen molar-refractivity contribution in [2.24, 2.45) is 5.92 Å². The van der Waals surface area contributed by atoms with E-state index in [0.29, 0.717) is 11.3 Å². The Hall–Kier alpha value is -1.68. The molecule has 1 saturated heterocycles. The number of anilines is 1. The van der Waals surface area contributed by atoms with Crippen molar-refractivity contribution < 1.29 is 0 Å². The molecule has 112 valence electrons. The number of allylic oxidation sites excluding steroid dienone is 1. The molecule has 1 aliphatic carbocycles. The Bertz CT molecular complexity index is 770. The van der Waals surface area contributed by atoms with Gasteiger partial charge in [0.1, 0.15) is 0 Å². The summed E-state index contributed by atoms with van der Waals surface area (Å²) >= 11 is 1.99. The molecule has 0 bridgehead atoms. The van der Waals surface area contributed by atoms with Crippen molar-refractivity contribution in [1.82, 2.24) is 10.3 Å². The van der Waals surface area contributed by atoms with Crippen molar-refractivity contribution in [3.8, 4) is 0 Å². The average Bonchev–Trinajstić information content (AvgIpc) is 2.56. The lowest BCUT2D eigenvalue weighted by Gasteiger charge is -2.41. The highest BCUT2D eigenvalue weighted by Crippen LogP contribution is 2.45. The van der Waals surface area contributed by atoms with Crippen molar-refractivity contribution in [2.45, 2.75) is 35.4 Å². The standard InChI is InChI=1S/C18H19N3S/c1-3-11-7-15-17(9-13(11)19-5-1)22-18-10-14-12(4-2-6-20-14)8-16(18)21-15/h1,3,5,7,9-10,12,16,18,20-21H,2,4,6,8H2. The second-order valence-corrected chi connectivity index (χ2v) is 7.72. The Kier molecular flexibility index (Phi) is 2.87. The zero-order chi connectivity index (χ0) is 14.5. The van der Waals surface area contributed by atoms with Crippen molar-refractivity contribution in [3.05, 3.63) is 42.2 Å². The third kappa shape index (κ3) is 2.01. The van der Waals surface area contributed by atoms with Crippen LogP contribution in [0.5, 0.6) is 0 Å². The molecule has 0 saturated carbocycles. The molecule has 2 N–H and O–H groups in total. The molecule has 1 aromatic heterocycles. The normalized spacial score (nSPS) is 29.5. The Labute approximate surface area is 134 Å². The number of hydrogen-bond acceptors (Lipinski definition) is 4. The van der Waals surface area contributed by atoms with E-state index >= 15 is 0 Å². The number of aromatic nitrogens is 1. The number of piperidine rings is 1. The fraction of sp³-hybridized carbons (Fsp3) is 0.389. The quantitative estimate of drug-likeness (QED) is 0.776. The molecule has 3 aliphatic rings. The highest BCUT2D eigenvalue weighted by molar-refractivity contribution is 8.00. The minimum atomic E-state index is 0.533. The van der Waals surface area contributed by atoms with Gasteiger partial charge in [-0.05, 0) is 43.5 Å². The molecule has 0 amide bonds. The first-order chi connectivity index (χ1) is 10.9. The van der Waals surface area contributed by atoms with E-state index in [2.05, 4.69) is 39.9 Å². The molecular formula is C18H19N3S. The lowest BCUT2D eigenvalue weighted by atomic mass is 9.83. The van der Waals surface area contributed by atoms with Crippen molar-refractivity contribution in [3.63, 3.8) is 0 Å². The molecule has 2 aromatic rings. The molecule has 3 heterocycles. The van der Waals surface area contributed by atoms with Gasteiger partial charge in [-0.1, -0.05) is 6.07 Å². The maximum absolute atomic E-state index is 4.49. The number of rotatable bonds is 0. The molecule has 2 aliphatic heterocycles. The van der Waals surface area contributed by atoms with E-state index in [0.717, 1.165) is 18.0 Å². The van der Waals surface area contributed by atoms with E-state index in [4.69, 9.17) is 0 Å². The largest absolute Gasteiger partial charge is 0.388 e. The van der Waals surface area contributed by atoms with Gasteiger partial charge < -0.3 is 10.6 Å². The van der Waals surface area contributed by atoms with Gasteiger partial charge in [0.05, 0.1) is 5.52 Å². The van der Waals surface area contributed by atoms with Crippen LogP contribution < -0.4 is 10.6 Å². The number of nitrogens with one attached hydrogen (secondary N) is 2. The topological polar surface area (TPSA) is 37.0 Å². The van der Waals surface area contributed by atoms with Crippen LogP contribution >= 0.6 is 11.8 Å². The molecule has 5 rings (SSSR count). The third-order valence-electron chi connectivity index (χ3n) is 5.09. The first-order valence-corrected chi connectivity index (χ1v) is 9.02. The van der Waals surface area contributed by atoms with Gasteiger partial charge in [0, 0.05) is 51.6 Å². The summed E-state index contributed by atoms with van der Waals surface area (Å²) in [5, 5.41) is 9.17. The van der Waals surface area contributed by atoms with Gasteiger partial charge >= 0.3 is 0 Å². The van der Waals surface area contributed by atoms with Gasteiger partial charge in [-0.25, -0.2) is 0 Å². The number of fused-ring (bicyclic) bond motifs is 4. The smallest absolute Gasteiger partial charge is 0.0714 e. The lowest BCUT2D eigenvalue weighted by molar-refractivity contribution is 0.379. The molecule has 0 radical (unpaired) electrons. The summed E-state index contributed by atoms with van der Waals surface area (Å²) < 4.78 is 0. The molecule has 3 unspecified atom stereocenters. The minimum absolute atomic E-state index is 0.533. The molecule has 0 spiro atoms. The van der Waals surface area contributed by atoms with Crippen LogP contribution in [0.15, 0.2) is 47.1 Å². The predicted molar refractivity (Wildman–Crippen MR) is 92.2 cm³/mol. The summed E-state index contributed by atoms with van der Waals surface area (Å²) in [6.45, 7) is 1.14. The highest BCUT2D eigenvalue weighted by Gasteiger charge is 2.36. The van der Waals surface area contributed by atoms with E-state index in [-0.39, 0.29) is 0 Å². The van der Waals surface area contributed by atoms with E-state index < -0.39 is 0 Å². The Morgan fingerprint density at radius 3 is 3.27 bits per heavy atom. The molecular weight excluding hydrogens is 290 g/mol. The van der Waals surface area contributed by atoms with Gasteiger partial charge in [-0.2, -0.15) is 0 Å². The van der Waals surface area contributed by atoms with Crippen LogP contribution in [0.3, 0.4) is 0 Å². The molecule has 4 heteroatoms. The van der Waals surface area contributed by atoms with Crippen LogP contribution in [-0.2, 0) is 0 Å². The monoisotopic (exact) mass is 309 g/mol. The Morgan fingerprint density at radius 1 is 1.27 bits per heavy atom. The van der Waals surface area contributed by atoms with E-state index in [9.17, 15) is 0 Å². The second-order valence-electron chi connectivity index (χ2n) is 6.50. The third-order valence-corrected chi connectivity index (χ3v) is 6.41. The van der Waals surface area contributed by atoms with Crippen molar-refractivity contribution >= 4 is 28.4 Å². The lowest BCUT2D eigenvalue weighted by Crippen LogP contribution is -2.43. The zero-order valence-electron chi connectivity index (χ0n) is 12.4. The van der Waals surface area contributed by atoms with E-state index in [1.54, 1.807) is 0 Å². The first-order valence-electron chi connectivity index (χ1n) is 8.14. The zero-order valence-corrected chi connectivity index (χ0v) is 13.2. The van der Waals surface area contributed by atoms with E-state index in [1.807, 2.05) is 24.0 Å². The number of hydrogen-bond donors (Lipinski definition) is 2. The first kappa shape index (κ1) is 12.8. The Balaban J connectivity index is 1.54. The molecule has 1 aromatic carbocycles. The number of benzene rings is 1. The molecule has 22 heavy (non-hydrogen) atoms. The van der Waals surface area contributed by atoms with Crippen molar-refractivity contribution in [2.75, 3.05) is 11.9 Å². The molecule has 3 nitrogen and oxygen atoms in total. The van der Waals surface area contributed by atoms with Gasteiger partial charge in [0.15, 0.2) is 0 Å². The summed E-state index contributed by atoms with van der Waals surface area (Å²) in [5.41, 5.74) is 3.86. The predicted octanol–water partition coefficient (Wildman–Crippen LogP) is 3.78. The van der Waals surface area contributed by atoms with Crippen LogP contribution in [0, 0.1) is 5.92 Å². The average molecular weight is 309 g/mol. The molecule has 1 fully saturated rings. The summed E-state index contributed by atoms with van der Waals surface area (Å²) in [5.74, 6) is 0.728. The minimum Gasteiger partial charge on any atom is -0.388 e. The number of pyridine rings is 1. The van der Waals surface area contributed by atoms with Crippen LogP contribution in [0.1, 0.15) is 19.3 Å². The maximum atomic E-state index is 4.49. The van der Waals surface area contributed by atoms with Crippen molar-refractivity contribution in [1.29, 1.82) is 0 Å². The van der Waals surface area contributed by atoms with Gasteiger partial charge in [-0.3, -0.25) is 4.98 Å². The fourth-order valence-corrected chi connectivity index (χ4v) is 5.25. The van der Waals surface area contributed by atoms with Gasteiger partial charge in [0.2, 0.25) is 0 Å². The van der Waals surface area contributed by atoms with Gasteiger partial charge in [0.25, 0.3) is 0 Å².